The van der Waals surface area contributed by atoms with E-state index in [9.17, 15) is 18.4 Å². The Hall–Kier alpha value is -3.58. The first-order chi connectivity index (χ1) is 16.2. The van der Waals surface area contributed by atoms with Gasteiger partial charge in [-0.05, 0) is 60.2 Å². The monoisotopic (exact) mass is 479 g/mol. The van der Waals surface area contributed by atoms with Crippen molar-refractivity contribution in [3.05, 3.63) is 59.0 Å². The first-order valence-corrected chi connectivity index (χ1v) is 12.9. The summed E-state index contributed by atoms with van der Waals surface area (Å²) < 4.78 is 28.7. The molecule has 0 aliphatic heterocycles. The number of fused-ring (bicyclic) bond motifs is 1. The number of pyridine rings is 1. The fourth-order valence-electron chi connectivity index (χ4n) is 4.19. The normalized spacial score (nSPS) is 17.5. The van der Waals surface area contributed by atoms with E-state index in [1.807, 2.05) is 19.1 Å². The van der Waals surface area contributed by atoms with Crippen LogP contribution >= 0.6 is 0 Å². The van der Waals surface area contributed by atoms with E-state index in [0.29, 0.717) is 30.6 Å². The molecule has 10 heteroatoms. The van der Waals surface area contributed by atoms with Gasteiger partial charge in [0, 0.05) is 36.0 Å². The average molecular weight is 480 g/mol. The van der Waals surface area contributed by atoms with Crippen LogP contribution in [0.2, 0.25) is 0 Å². The van der Waals surface area contributed by atoms with Crippen molar-refractivity contribution in [1.29, 1.82) is 0 Å². The highest BCUT2D eigenvalue weighted by Gasteiger charge is 2.54. The minimum atomic E-state index is -3.66. The van der Waals surface area contributed by atoms with Gasteiger partial charge >= 0.3 is 0 Å². The molecule has 9 nitrogen and oxygen atoms in total. The third-order valence-corrected chi connectivity index (χ3v) is 7.91. The lowest BCUT2D eigenvalue weighted by Gasteiger charge is -2.14. The number of hydrogen-bond acceptors (Lipinski definition) is 4. The number of carbonyl (C=O) groups is 1. The highest BCUT2D eigenvalue weighted by molar-refractivity contribution is 7.92. The smallest absolute Gasteiger partial charge is 0.250 e. The third kappa shape index (κ3) is 4.19. The van der Waals surface area contributed by atoms with Crippen LogP contribution in [0.15, 0.2) is 41.5 Å². The van der Waals surface area contributed by atoms with E-state index in [1.54, 1.807) is 24.4 Å². The standard InChI is InChI=1S/C24H25N5O4S/c1-3-15-12-17(28-34(32,33)14-24(25-2)9-10-24)6-7-18(15)20-13-21(27-23(30)16-4-5-16)29(31)22-19(20)8-11-26-22/h6-8,11-13,16,26,28,31H,3-5,9-10,14H2,1H3. The molecule has 176 valence electrons. The number of hydrogen-bond donors (Lipinski definition) is 3. The summed E-state index contributed by atoms with van der Waals surface area (Å²) in [5.41, 5.74) is 2.74. The SMILES string of the molecule is [C-]#[N+]C1(CS(=O)(=O)Nc2ccc(-c3cc(=NC(=O)C4CC4)n(O)c4[nH]ccc34)c(CC)c2)CC1. The maximum absolute atomic E-state index is 12.6. The van der Waals surface area contributed by atoms with Gasteiger partial charge in [0.1, 0.15) is 5.75 Å². The van der Waals surface area contributed by atoms with Crippen LogP contribution < -0.4 is 10.2 Å². The number of benzene rings is 1. The Morgan fingerprint density at radius 2 is 2.06 bits per heavy atom. The quantitative estimate of drug-likeness (QED) is 0.355. The lowest BCUT2D eigenvalue weighted by Crippen LogP contribution is -2.25. The molecule has 2 heterocycles. The van der Waals surface area contributed by atoms with E-state index >= 15 is 0 Å². The van der Waals surface area contributed by atoms with Gasteiger partial charge in [-0.1, -0.05) is 13.0 Å². The molecule has 3 N–H and O–H groups in total. The van der Waals surface area contributed by atoms with Gasteiger partial charge in [0.15, 0.2) is 11.1 Å². The zero-order valence-electron chi connectivity index (χ0n) is 18.7. The van der Waals surface area contributed by atoms with Crippen molar-refractivity contribution in [2.75, 3.05) is 10.5 Å². The zero-order valence-corrected chi connectivity index (χ0v) is 19.5. The molecule has 0 unspecified atom stereocenters. The van der Waals surface area contributed by atoms with Crippen molar-refractivity contribution in [2.45, 2.75) is 44.6 Å². The van der Waals surface area contributed by atoms with Crippen LogP contribution in [-0.2, 0) is 21.2 Å². The Balaban J connectivity index is 1.54. The first kappa shape index (κ1) is 22.2. The Kier molecular flexibility index (Phi) is 5.24. The van der Waals surface area contributed by atoms with E-state index in [-0.39, 0.29) is 23.1 Å². The molecular weight excluding hydrogens is 454 g/mol. The van der Waals surface area contributed by atoms with Crippen molar-refractivity contribution in [2.24, 2.45) is 10.9 Å². The molecule has 2 aliphatic rings. The van der Waals surface area contributed by atoms with Crippen LogP contribution in [0.1, 0.15) is 38.2 Å². The van der Waals surface area contributed by atoms with Crippen molar-refractivity contribution in [3.8, 4) is 11.1 Å². The van der Waals surface area contributed by atoms with E-state index in [1.165, 1.54) is 0 Å². The Morgan fingerprint density at radius 1 is 1.29 bits per heavy atom. The molecule has 0 atom stereocenters. The van der Waals surface area contributed by atoms with Gasteiger partial charge in [-0.3, -0.25) is 9.52 Å². The van der Waals surface area contributed by atoms with Crippen molar-refractivity contribution in [1.82, 2.24) is 9.71 Å². The molecule has 0 radical (unpaired) electrons. The molecule has 5 rings (SSSR count). The van der Waals surface area contributed by atoms with Gasteiger partial charge in [-0.25, -0.2) is 15.0 Å². The second-order valence-corrected chi connectivity index (χ2v) is 10.8. The molecule has 0 bridgehead atoms. The van der Waals surface area contributed by atoms with Gasteiger partial charge in [0.2, 0.25) is 15.6 Å². The predicted molar refractivity (Wildman–Crippen MR) is 128 cm³/mol. The molecule has 3 aromatic rings. The minimum Gasteiger partial charge on any atom is -0.425 e. The summed E-state index contributed by atoms with van der Waals surface area (Å²) in [6.07, 6.45) is 5.19. The third-order valence-electron chi connectivity index (χ3n) is 6.44. The number of aromatic amines is 1. The van der Waals surface area contributed by atoms with Crippen molar-refractivity contribution >= 4 is 32.7 Å². The number of aryl methyl sites for hydroxylation is 1. The zero-order chi connectivity index (χ0) is 24.1. The van der Waals surface area contributed by atoms with Crippen LogP contribution in [0.5, 0.6) is 0 Å². The number of nitrogens with zero attached hydrogens (tertiary/aromatic N) is 3. The van der Waals surface area contributed by atoms with Crippen molar-refractivity contribution < 1.29 is 18.4 Å². The summed E-state index contributed by atoms with van der Waals surface area (Å²) in [5, 5.41) is 11.4. The number of aromatic nitrogens is 2. The largest absolute Gasteiger partial charge is 0.425 e. The summed E-state index contributed by atoms with van der Waals surface area (Å²) >= 11 is 0. The second kappa shape index (κ2) is 8.02. The Bertz CT molecular complexity index is 1520. The summed E-state index contributed by atoms with van der Waals surface area (Å²) in [5.74, 6) is -0.516. The van der Waals surface area contributed by atoms with Gasteiger partial charge in [0.25, 0.3) is 5.91 Å². The second-order valence-electron chi connectivity index (χ2n) is 9.12. The number of amides is 1. The van der Waals surface area contributed by atoms with Crippen LogP contribution in [0, 0.1) is 12.5 Å². The maximum atomic E-state index is 12.6. The fourth-order valence-corrected chi connectivity index (χ4v) is 5.81. The van der Waals surface area contributed by atoms with Crippen LogP contribution in [0.25, 0.3) is 27.0 Å². The molecule has 0 spiro atoms. The Morgan fingerprint density at radius 3 is 2.71 bits per heavy atom. The van der Waals surface area contributed by atoms with E-state index in [2.05, 4.69) is 19.5 Å². The topological polar surface area (TPSA) is 121 Å². The molecule has 34 heavy (non-hydrogen) atoms. The van der Waals surface area contributed by atoms with E-state index < -0.39 is 15.6 Å². The lowest BCUT2D eigenvalue weighted by atomic mass is 9.96. The van der Waals surface area contributed by atoms with Gasteiger partial charge in [-0.15, -0.1) is 0 Å². The predicted octanol–water partition coefficient (Wildman–Crippen LogP) is 3.47. The number of anilines is 1. The van der Waals surface area contributed by atoms with Gasteiger partial charge < -0.3 is 15.0 Å². The molecule has 1 aromatic carbocycles. The highest BCUT2D eigenvalue weighted by Crippen LogP contribution is 2.41. The summed E-state index contributed by atoms with van der Waals surface area (Å²) in [7, 11) is -3.66. The van der Waals surface area contributed by atoms with Crippen LogP contribution in [-0.4, -0.2) is 40.5 Å². The number of H-pyrrole nitrogens is 1. The first-order valence-electron chi connectivity index (χ1n) is 11.3. The highest BCUT2D eigenvalue weighted by atomic mass is 32.2. The lowest BCUT2D eigenvalue weighted by molar-refractivity contribution is -0.119. The number of sulfonamides is 1. The van der Waals surface area contributed by atoms with Gasteiger partial charge in [0.05, 0.1) is 0 Å². The van der Waals surface area contributed by atoms with Crippen LogP contribution in [0.4, 0.5) is 5.69 Å². The molecule has 2 aromatic heterocycles. The number of nitrogens with one attached hydrogen (secondary N) is 2. The summed E-state index contributed by atoms with van der Waals surface area (Å²) in [6.45, 7) is 9.22. The summed E-state index contributed by atoms with van der Waals surface area (Å²) in [4.78, 5) is 22.9. The molecule has 2 fully saturated rings. The maximum Gasteiger partial charge on any atom is 0.250 e. The average Bonchev–Trinajstić information content (AvgIpc) is 3.73. The van der Waals surface area contributed by atoms with E-state index in [4.69, 9.17) is 6.57 Å². The van der Waals surface area contributed by atoms with Crippen molar-refractivity contribution in [3.63, 3.8) is 0 Å². The molecule has 1 amide bonds. The molecule has 2 aliphatic carbocycles. The van der Waals surface area contributed by atoms with Gasteiger partial charge in [-0.2, -0.15) is 9.72 Å². The Labute approximate surface area is 197 Å². The molecule has 2 saturated carbocycles. The molecule has 0 saturated heterocycles. The number of rotatable bonds is 7. The summed E-state index contributed by atoms with van der Waals surface area (Å²) in [6, 6.07) is 8.82. The minimum absolute atomic E-state index is 0.0704. The molecular formula is C24H25N5O4S. The number of carbonyl (C=O) groups excluding carboxylic acids is 1. The fraction of sp³-hybridized carbons (Fsp3) is 0.375. The van der Waals surface area contributed by atoms with E-state index in [0.717, 1.165) is 39.6 Å². The van der Waals surface area contributed by atoms with Crippen LogP contribution in [0.3, 0.4) is 0 Å².